The van der Waals surface area contributed by atoms with E-state index in [0.717, 1.165) is 0 Å². The number of hydrogen-bond acceptors (Lipinski definition) is 4. The van der Waals surface area contributed by atoms with E-state index in [0.29, 0.717) is 0 Å². The lowest BCUT2D eigenvalue weighted by Gasteiger charge is -2.31. The standard InChI is InChI=1S/C19H34N2O4Si/c1-13(2)16(20-14(3)22)17(23)21-15(18(24)25-7)11-10-12-26(8,9)19(4,5)6/h13,15-16H,11H2,1-9H3,(H,20,22)(H,21,23)/t15-,16-/m1/s1. The third-order valence-electron chi connectivity index (χ3n) is 4.69. The van der Waals surface area contributed by atoms with Crippen LogP contribution in [-0.4, -0.2) is 45.1 Å². The molecule has 26 heavy (non-hydrogen) atoms. The van der Waals surface area contributed by atoms with Gasteiger partial charge in [0.05, 0.1) is 7.11 Å². The molecule has 7 heteroatoms. The number of esters is 1. The predicted octanol–water partition coefficient (Wildman–Crippen LogP) is 2.25. The summed E-state index contributed by atoms with van der Waals surface area (Å²) in [6.07, 6.45) is 0.176. The average molecular weight is 383 g/mol. The molecule has 0 aliphatic rings. The van der Waals surface area contributed by atoms with E-state index in [4.69, 9.17) is 4.74 Å². The number of carbonyl (C=O) groups is 3. The lowest BCUT2D eigenvalue weighted by Crippen LogP contribution is -2.53. The number of methoxy groups -OCH3 is 1. The molecule has 0 unspecified atom stereocenters. The van der Waals surface area contributed by atoms with Crippen LogP contribution in [0, 0.1) is 17.4 Å². The van der Waals surface area contributed by atoms with Crippen molar-refractivity contribution in [2.75, 3.05) is 7.11 Å². The number of carbonyl (C=O) groups excluding carboxylic acids is 3. The molecule has 0 aliphatic heterocycles. The van der Waals surface area contributed by atoms with Gasteiger partial charge in [0.25, 0.3) is 0 Å². The molecule has 0 radical (unpaired) electrons. The highest BCUT2D eigenvalue weighted by molar-refractivity contribution is 6.87. The van der Waals surface area contributed by atoms with Gasteiger partial charge in [0.2, 0.25) is 11.8 Å². The molecule has 0 aromatic rings. The van der Waals surface area contributed by atoms with E-state index in [2.05, 4.69) is 56.0 Å². The Hall–Kier alpha value is -1.81. The van der Waals surface area contributed by atoms with Crippen LogP contribution in [0.2, 0.25) is 18.1 Å². The van der Waals surface area contributed by atoms with Crippen molar-refractivity contribution < 1.29 is 19.1 Å². The summed E-state index contributed by atoms with van der Waals surface area (Å²) in [5.74, 6) is 1.69. The van der Waals surface area contributed by atoms with Crippen LogP contribution < -0.4 is 10.6 Å². The molecule has 0 aromatic heterocycles. The SMILES string of the molecule is COC(=O)[C@@H](CC#C[Si](C)(C)C(C)(C)C)NC(=O)[C@H](NC(C)=O)C(C)C. The van der Waals surface area contributed by atoms with Crippen LogP contribution >= 0.6 is 0 Å². The normalized spacial score (nSPS) is 13.9. The van der Waals surface area contributed by atoms with Gasteiger partial charge in [-0.05, 0) is 11.0 Å². The van der Waals surface area contributed by atoms with E-state index < -0.39 is 32.0 Å². The largest absolute Gasteiger partial charge is 0.467 e. The molecule has 0 bridgehead atoms. The topological polar surface area (TPSA) is 84.5 Å². The molecule has 2 amide bonds. The van der Waals surface area contributed by atoms with E-state index in [-0.39, 0.29) is 23.3 Å². The predicted molar refractivity (Wildman–Crippen MR) is 106 cm³/mol. The van der Waals surface area contributed by atoms with Crippen molar-refractivity contribution in [3.8, 4) is 11.5 Å². The van der Waals surface area contributed by atoms with Crippen molar-refractivity contribution in [1.82, 2.24) is 10.6 Å². The van der Waals surface area contributed by atoms with Gasteiger partial charge in [-0.2, -0.15) is 0 Å². The summed E-state index contributed by atoms with van der Waals surface area (Å²) in [5, 5.41) is 5.38. The molecule has 148 valence electrons. The molecule has 0 saturated heterocycles. The van der Waals surface area contributed by atoms with Crippen LogP contribution in [0.3, 0.4) is 0 Å². The Morgan fingerprint density at radius 3 is 2.04 bits per heavy atom. The minimum atomic E-state index is -1.80. The van der Waals surface area contributed by atoms with E-state index in [1.807, 2.05) is 13.8 Å². The number of ether oxygens (including phenoxy) is 1. The van der Waals surface area contributed by atoms with Crippen molar-refractivity contribution in [3.63, 3.8) is 0 Å². The summed E-state index contributed by atoms with van der Waals surface area (Å²) in [5.41, 5.74) is 3.33. The Morgan fingerprint density at radius 2 is 1.65 bits per heavy atom. The number of rotatable bonds is 6. The number of nitrogens with one attached hydrogen (secondary N) is 2. The molecule has 0 aliphatic carbocycles. The zero-order valence-corrected chi connectivity index (χ0v) is 18.6. The van der Waals surface area contributed by atoms with Gasteiger partial charge in [-0.1, -0.05) is 47.7 Å². The second kappa shape index (κ2) is 9.77. The van der Waals surface area contributed by atoms with Gasteiger partial charge in [0, 0.05) is 13.3 Å². The first-order valence-corrected chi connectivity index (χ1v) is 11.9. The minimum absolute atomic E-state index is 0.109. The van der Waals surface area contributed by atoms with Crippen LogP contribution in [0.5, 0.6) is 0 Å². The smallest absolute Gasteiger partial charge is 0.329 e. The van der Waals surface area contributed by atoms with Crippen molar-refractivity contribution in [3.05, 3.63) is 0 Å². The van der Waals surface area contributed by atoms with E-state index in [9.17, 15) is 14.4 Å². The lowest BCUT2D eigenvalue weighted by molar-refractivity contribution is -0.145. The molecule has 6 nitrogen and oxygen atoms in total. The van der Waals surface area contributed by atoms with Gasteiger partial charge < -0.3 is 15.4 Å². The molecule has 0 fully saturated rings. The van der Waals surface area contributed by atoms with E-state index in [1.165, 1.54) is 14.0 Å². The Morgan fingerprint density at radius 1 is 1.12 bits per heavy atom. The fourth-order valence-corrected chi connectivity index (χ4v) is 2.83. The van der Waals surface area contributed by atoms with Crippen molar-refractivity contribution in [1.29, 1.82) is 0 Å². The number of hydrogen-bond donors (Lipinski definition) is 2. The molecule has 0 aromatic carbocycles. The molecular weight excluding hydrogens is 348 g/mol. The van der Waals surface area contributed by atoms with E-state index >= 15 is 0 Å². The Labute approximate surface area is 158 Å². The molecule has 2 N–H and O–H groups in total. The van der Waals surface area contributed by atoms with Gasteiger partial charge in [0.15, 0.2) is 0 Å². The molecule has 0 rings (SSSR count). The van der Waals surface area contributed by atoms with Gasteiger partial charge in [-0.15, -0.1) is 11.5 Å². The van der Waals surface area contributed by atoms with Crippen molar-refractivity contribution in [2.45, 2.75) is 78.2 Å². The highest BCUT2D eigenvalue weighted by Crippen LogP contribution is 2.35. The van der Waals surface area contributed by atoms with Gasteiger partial charge in [-0.3, -0.25) is 9.59 Å². The first-order valence-electron chi connectivity index (χ1n) is 8.88. The summed E-state index contributed by atoms with van der Waals surface area (Å²) in [7, 11) is -0.527. The molecule has 0 spiro atoms. The van der Waals surface area contributed by atoms with Gasteiger partial charge in [0.1, 0.15) is 20.2 Å². The quantitative estimate of drug-likeness (QED) is 0.419. The third-order valence-corrected chi connectivity index (χ3v) is 9.24. The average Bonchev–Trinajstić information content (AvgIpc) is 2.48. The summed E-state index contributed by atoms with van der Waals surface area (Å²) in [6.45, 7) is 15.8. The summed E-state index contributed by atoms with van der Waals surface area (Å²) < 4.78 is 4.79. The van der Waals surface area contributed by atoms with Crippen molar-refractivity contribution >= 4 is 25.9 Å². The number of amides is 2. The zero-order chi connectivity index (χ0) is 20.7. The molecule has 2 atom stereocenters. The fraction of sp³-hybridized carbons (Fsp3) is 0.737. The highest BCUT2D eigenvalue weighted by Gasteiger charge is 2.34. The fourth-order valence-electron chi connectivity index (χ4n) is 1.91. The molecular formula is C19H34N2O4Si. The first kappa shape index (κ1) is 24.2. The van der Waals surface area contributed by atoms with E-state index in [1.54, 1.807) is 0 Å². The lowest BCUT2D eigenvalue weighted by atomic mass is 10.0. The van der Waals surface area contributed by atoms with Crippen molar-refractivity contribution in [2.24, 2.45) is 5.92 Å². The third kappa shape index (κ3) is 7.61. The van der Waals surface area contributed by atoms with Crippen LogP contribution in [0.15, 0.2) is 0 Å². The zero-order valence-electron chi connectivity index (χ0n) is 17.6. The molecule has 0 saturated carbocycles. The minimum Gasteiger partial charge on any atom is -0.467 e. The maximum Gasteiger partial charge on any atom is 0.329 e. The molecule has 0 heterocycles. The van der Waals surface area contributed by atoms with Gasteiger partial charge >= 0.3 is 5.97 Å². The van der Waals surface area contributed by atoms with Crippen LogP contribution in [0.25, 0.3) is 0 Å². The monoisotopic (exact) mass is 382 g/mol. The summed E-state index contributed by atoms with van der Waals surface area (Å²) >= 11 is 0. The summed E-state index contributed by atoms with van der Waals surface area (Å²) in [4.78, 5) is 35.8. The maximum atomic E-state index is 12.5. The second-order valence-corrected chi connectivity index (χ2v) is 13.4. The van der Waals surface area contributed by atoms with Crippen LogP contribution in [-0.2, 0) is 19.1 Å². The highest BCUT2D eigenvalue weighted by atomic mass is 28.3. The Bertz CT molecular complexity index is 583. The van der Waals surface area contributed by atoms with Gasteiger partial charge in [-0.25, -0.2) is 4.79 Å². The Kier molecular flexibility index (Phi) is 9.08. The Balaban J connectivity index is 5.28. The van der Waals surface area contributed by atoms with Crippen LogP contribution in [0.4, 0.5) is 0 Å². The van der Waals surface area contributed by atoms with Crippen LogP contribution in [0.1, 0.15) is 48.0 Å². The second-order valence-electron chi connectivity index (χ2n) is 8.39. The first-order chi connectivity index (χ1) is 11.7. The summed E-state index contributed by atoms with van der Waals surface area (Å²) in [6, 6.07) is -1.58. The maximum absolute atomic E-state index is 12.5.